The number of carbonyl (C=O) groups is 1. The van der Waals surface area contributed by atoms with Crippen molar-refractivity contribution in [1.29, 1.82) is 0 Å². The first-order chi connectivity index (χ1) is 11.2. The van der Waals surface area contributed by atoms with Gasteiger partial charge in [-0.05, 0) is 48.3 Å². The number of amides is 1. The van der Waals surface area contributed by atoms with Crippen LogP contribution in [-0.4, -0.2) is 36.3 Å². The van der Waals surface area contributed by atoms with E-state index in [0.29, 0.717) is 19.0 Å². The van der Waals surface area contributed by atoms with Crippen LogP contribution >= 0.6 is 0 Å². The number of nitrogens with zero attached hydrogens (tertiary/aromatic N) is 1. The maximum atomic E-state index is 11.0. The molecule has 0 radical (unpaired) electrons. The Hall–Kier alpha value is -1.71. The molecule has 1 aromatic carbocycles. The molecule has 2 aliphatic rings. The molecule has 4 nitrogen and oxygen atoms in total. The highest BCUT2D eigenvalue weighted by Crippen LogP contribution is 2.35. The molecule has 0 aromatic heterocycles. The second-order valence-corrected chi connectivity index (χ2v) is 6.97. The Balaban J connectivity index is 1.71. The van der Waals surface area contributed by atoms with Gasteiger partial charge in [0.05, 0.1) is 7.11 Å². The van der Waals surface area contributed by atoms with Gasteiger partial charge in [0.25, 0.3) is 0 Å². The van der Waals surface area contributed by atoms with Crippen LogP contribution in [-0.2, 0) is 6.42 Å². The normalized spacial score (nSPS) is 20.0. The van der Waals surface area contributed by atoms with Crippen LogP contribution in [0.3, 0.4) is 0 Å². The van der Waals surface area contributed by atoms with Crippen LogP contribution in [0.4, 0.5) is 4.79 Å². The number of rotatable bonds is 4. The predicted octanol–water partition coefficient (Wildman–Crippen LogP) is 4.29. The van der Waals surface area contributed by atoms with Crippen molar-refractivity contribution >= 4 is 6.09 Å². The first-order valence-electron chi connectivity index (χ1n) is 8.82. The van der Waals surface area contributed by atoms with E-state index in [4.69, 9.17) is 9.84 Å². The summed E-state index contributed by atoms with van der Waals surface area (Å²) >= 11 is 0. The number of ether oxygens (including phenoxy) is 1. The molecule has 4 heteroatoms. The first-order valence-corrected chi connectivity index (χ1v) is 8.82. The number of carboxylic acid groups (broad SMARTS) is 1. The molecule has 1 heterocycles. The van der Waals surface area contributed by atoms with Gasteiger partial charge in [-0.2, -0.15) is 0 Å². The molecule has 1 saturated heterocycles. The zero-order valence-corrected chi connectivity index (χ0v) is 14.0. The quantitative estimate of drug-likeness (QED) is 0.901. The Morgan fingerprint density at radius 1 is 1.22 bits per heavy atom. The summed E-state index contributed by atoms with van der Waals surface area (Å²) in [6.07, 6.45) is 7.56. The number of hydrogen-bond donors (Lipinski definition) is 1. The van der Waals surface area contributed by atoms with Crippen LogP contribution in [0.5, 0.6) is 5.75 Å². The molecule has 3 rings (SSSR count). The second kappa shape index (κ2) is 7.24. The third-order valence-electron chi connectivity index (χ3n) is 5.52. The number of piperidine rings is 1. The molecule has 1 saturated carbocycles. The van der Waals surface area contributed by atoms with Gasteiger partial charge in [0.15, 0.2) is 0 Å². The molecular weight excluding hydrogens is 290 g/mol. The molecule has 1 N–H and O–H groups in total. The Kier molecular flexibility index (Phi) is 5.09. The van der Waals surface area contributed by atoms with E-state index >= 15 is 0 Å². The van der Waals surface area contributed by atoms with Gasteiger partial charge in [0.2, 0.25) is 0 Å². The molecule has 0 bridgehead atoms. The second-order valence-electron chi connectivity index (χ2n) is 6.97. The lowest BCUT2D eigenvalue weighted by Gasteiger charge is -2.30. The van der Waals surface area contributed by atoms with E-state index in [-0.39, 0.29) is 0 Å². The van der Waals surface area contributed by atoms with Crippen molar-refractivity contribution in [2.24, 2.45) is 5.92 Å². The zero-order chi connectivity index (χ0) is 16.2. The van der Waals surface area contributed by atoms with E-state index < -0.39 is 6.09 Å². The average molecular weight is 317 g/mol. The van der Waals surface area contributed by atoms with Gasteiger partial charge in [0.1, 0.15) is 5.75 Å². The minimum Gasteiger partial charge on any atom is -0.496 e. The molecule has 126 valence electrons. The lowest BCUT2D eigenvalue weighted by atomic mass is 9.87. The lowest BCUT2D eigenvalue weighted by Crippen LogP contribution is -2.36. The highest BCUT2D eigenvalue weighted by atomic mass is 16.5. The number of likely N-dealkylation sites (tertiary alicyclic amines) is 1. The van der Waals surface area contributed by atoms with Crippen LogP contribution in [0.15, 0.2) is 18.2 Å². The SMILES string of the molecule is COc1ccc(C2CCN(C(=O)O)CC2)cc1CC1CCCC1. The van der Waals surface area contributed by atoms with E-state index in [2.05, 4.69) is 18.2 Å². The molecule has 2 fully saturated rings. The van der Waals surface area contributed by atoms with Crippen molar-refractivity contribution in [1.82, 2.24) is 4.90 Å². The highest BCUT2D eigenvalue weighted by molar-refractivity contribution is 5.65. The molecule has 1 amide bonds. The summed E-state index contributed by atoms with van der Waals surface area (Å²) in [4.78, 5) is 12.6. The largest absolute Gasteiger partial charge is 0.496 e. The molecule has 1 aliphatic carbocycles. The molecule has 0 unspecified atom stereocenters. The summed E-state index contributed by atoms with van der Waals surface area (Å²) in [7, 11) is 1.75. The van der Waals surface area contributed by atoms with Crippen molar-refractivity contribution in [3.05, 3.63) is 29.3 Å². The molecule has 0 spiro atoms. The van der Waals surface area contributed by atoms with E-state index in [1.165, 1.54) is 41.7 Å². The summed E-state index contributed by atoms with van der Waals surface area (Å²) in [6, 6.07) is 6.58. The van der Waals surface area contributed by atoms with Crippen molar-refractivity contribution in [2.75, 3.05) is 20.2 Å². The first kappa shape index (κ1) is 16.2. The van der Waals surface area contributed by atoms with E-state index in [0.717, 1.165) is 30.9 Å². The smallest absolute Gasteiger partial charge is 0.407 e. The number of hydrogen-bond acceptors (Lipinski definition) is 2. The van der Waals surface area contributed by atoms with Crippen molar-refractivity contribution in [3.8, 4) is 5.75 Å². The van der Waals surface area contributed by atoms with Gasteiger partial charge in [-0.25, -0.2) is 4.79 Å². The minimum absolute atomic E-state index is 0.471. The summed E-state index contributed by atoms with van der Waals surface area (Å²) in [6.45, 7) is 1.29. The standard InChI is InChI=1S/C19H27NO3/c1-23-18-7-6-16(13-17(18)12-14-4-2-3-5-14)15-8-10-20(11-9-15)19(21)22/h6-7,13-15H,2-5,8-12H2,1H3,(H,21,22). The van der Waals surface area contributed by atoms with E-state index in [1.807, 2.05) is 0 Å². The van der Waals surface area contributed by atoms with E-state index in [9.17, 15) is 4.79 Å². The van der Waals surface area contributed by atoms with Gasteiger partial charge in [0, 0.05) is 13.1 Å². The Bertz CT molecular complexity index is 544. The lowest BCUT2D eigenvalue weighted by molar-refractivity contribution is 0.132. The Morgan fingerprint density at radius 3 is 2.52 bits per heavy atom. The summed E-state index contributed by atoms with van der Waals surface area (Å²) < 4.78 is 5.56. The summed E-state index contributed by atoms with van der Waals surface area (Å²) in [5.74, 6) is 2.27. The van der Waals surface area contributed by atoms with Gasteiger partial charge < -0.3 is 14.7 Å². The molecule has 23 heavy (non-hydrogen) atoms. The Morgan fingerprint density at radius 2 is 1.91 bits per heavy atom. The highest BCUT2D eigenvalue weighted by Gasteiger charge is 2.24. The van der Waals surface area contributed by atoms with Gasteiger partial charge >= 0.3 is 6.09 Å². The molecule has 0 atom stereocenters. The molecular formula is C19H27NO3. The monoisotopic (exact) mass is 317 g/mol. The summed E-state index contributed by atoms with van der Waals surface area (Å²) in [5, 5.41) is 9.08. The summed E-state index contributed by atoms with van der Waals surface area (Å²) in [5.41, 5.74) is 2.68. The third-order valence-corrected chi connectivity index (χ3v) is 5.52. The van der Waals surface area contributed by atoms with Crippen LogP contribution in [0.1, 0.15) is 55.6 Å². The fourth-order valence-electron chi connectivity index (χ4n) is 4.14. The number of benzene rings is 1. The number of methoxy groups -OCH3 is 1. The van der Waals surface area contributed by atoms with E-state index in [1.54, 1.807) is 7.11 Å². The fraction of sp³-hybridized carbons (Fsp3) is 0.632. The van der Waals surface area contributed by atoms with Crippen molar-refractivity contribution in [2.45, 2.75) is 50.9 Å². The fourth-order valence-corrected chi connectivity index (χ4v) is 4.14. The predicted molar refractivity (Wildman–Crippen MR) is 90.2 cm³/mol. The van der Waals surface area contributed by atoms with Gasteiger partial charge in [-0.1, -0.05) is 37.8 Å². The van der Waals surface area contributed by atoms with Crippen LogP contribution in [0.25, 0.3) is 0 Å². The topological polar surface area (TPSA) is 49.8 Å². The van der Waals surface area contributed by atoms with Crippen LogP contribution in [0, 0.1) is 5.92 Å². The molecule has 1 aromatic rings. The average Bonchev–Trinajstić information content (AvgIpc) is 3.08. The van der Waals surface area contributed by atoms with Gasteiger partial charge in [-0.15, -0.1) is 0 Å². The molecule has 1 aliphatic heterocycles. The minimum atomic E-state index is -0.792. The van der Waals surface area contributed by atoms with Crippen LogP contribution < -0.4 is 4.74 Å². The van der Waals surface area contributed by atoms with Crippen molar-refractivity contribution < 1.29 is 14.6 Å². The zero-order valence-electron chi connectivity index (χ0n) is 14.0. The maximum absolute atomic E-state index is 11.0. The van der Waals surface area contributed by atoms with Gasteiger partial charge in [-0.3, -0.25) is 0 Å². The third kappa shape index (κ3) is 3.80. The maximum Gasteiger partial charge on any atom is 0.407 e. The van der Waals surface area contributed by atoms with Crippen LogP contribution in [0.2, 0.25) is 0 Å². The van der Waals surface area contributed by atoms with Crippen molar-refractivity contribution in [3.63, 3.8) is 0 Å². The Labute approximate surface area is 138 Å².